The van der Waals surface area contributed by atoms with E-state index in [1.807, 2.05) is 0 Å². The van der Waals surface area contributed by atoms with E-state index in [-0.39, 0.29) is 5.92 Å². The Morgan fingerprint density at radius 2 is 1.50 bits per heavy atom. The van der Waals surface area contributed by atoms with E-state index < -0.39 is 23.7 Å². The van der Waals surface area contributed by atoms with E-state index in [1.165, 1.54) is 18.2 Å². The Kier molecular flexibility index (Phi) is 5.32. The van der Waals surface area contributed by atoms with Crippen LogP contribution in [0.3, 0.4) is 0 Å². The minimum absolute atomic E-state index is 0.232. The molecule has 18 heavy (non-hydrogen) atoms. The maximum Gasteiger partial charge on any atom is 0.0806 e. The van der Waals surface area contributed by atoms with Crippen molar-refractivity contribution in [3.63, 3.8) is 0 Å². The Morgan fingerprint density at radius 3 is 1.94 bits per heavy atom. The summed E-state index contributed by atoms with van der Waals surface area (Å²) in [5.74, 6) is -0.232. The summed E-state index contributed by atoms with van der Waals surface area (Å²) in [4.78, 5) is 0. The highest BCUT2D eigenvalue weighted by Gasteiger charge is 2.51. The molecule has 3 N–H and O–H groups in total. The van der Waals surface area contributed by atoms with Crippen LogP contribution >= 0.6 is 0 Å². The normalized spacial score (nSPS) is 33.2. The lowest BCUT2D eigenvalue weighted by Gasteiger charge is -2.50. The van der Waals surface area contributed by atoms with E-state index in [0.717, 1.165) is 19.3 Å². The molecular formula is C15H24O3. The Balaban J connectivity index is 3.21. The summed E-state index contributed by atoms with van der Waals surface area (Å²) < 4.78 is 0. The first-order valence-corrected chi connectivity index (χ1v) is 6.46. The molecule has 0 heterocycles. The van der Waals surface area contributed by atoms with Crippen molar-refractivity contribution >= 4 is 0 Å². The summed E-state index contributed by atoms with van der Waals surface area (Å²) in [7, 11) is 0. The molecule has 0 bridgehead atoms. The van der Waals surface area contributed by atoms with Gasteiger partial charge in [0.2, 0.25) is 0 Å². The van der Waals surface area contributed by atoms with Crippen LogP contribution in [0.1, 0.15) is 25.7 Å². The first kappa shape index (κ1) is 15.2. The number of rotatable bonds is 6. The molecule has 1 fully saturated rings. The third-order valence-electron chi connectivity index (χ3n) is 4.27. The van der Waals surface area contributed by atoms with Crippen molar-refractivity contribution in [2.75, 3.05) is 0 Å². The molecule has 0 radical (unpaired) electrons. The van der Waals surface area contributed by atoms with Gasteiger partial charge in [-0.3, -0.25) is 0 Å². The highest BCUT2D eigenvalue weighted by molar-refractivity contribution is 5.12. The molecule has 0 spiro atoms. The first-order valence-electron chi connectivity index (χ1n) is 6.46. The maximum absolute atomic E-state index is 10.3. The van der Waals surface area contributed by atoms with Crippen LogP contribution in [0.25, 0.3) is 0 Å². The van der Waals surface area contributed by atoms with Crippen LogP contribution in [-0.4, -0.2) is 33.6 Å². The molecule has 0 aromatic rings. The van der Waals surface area contributed by atoms with Gasteiger partial charge in [-0.1, -0.05) is 31.1 Å². The zero-order valence-electron chi connectivity index (χ0n) is 10.8. The fourth-order valence-electron chi connectivity index (χ4n) is 3.25. The average Bonchev–Trinajstić information content (AvgIpc) is 2.44. The Morgan fingerprint density at radius 1 is 0.944 bits per heavy atom. The van der Waals surface area contributed by atoms with E-state index in [4.69, 9.17) is 0 Å². The summed E-state index contributed by atoms with van der Waals surface area (Å²) in [6.45, 7) is 10.8. The van der Waals surface area contributed by atoms with Crippen molar-refractivity contribution in [1.82, 2.24) is 0 Å². The fourth-order valence-corrected chi connectivity index (χ4v) is 3.25. The van der Waals surface area contributed by atoms with Crippen molar-refractivity contribution in [3.05, 3.63) is 38.0 Å². The summed E-state index contributed by atoms with van der Waals surface area (Å²) in [5, 5.41) is 30.7. The summed E-state index contributed by atoms with van der Waals surface area (Å²) >= 11 is 0. The van der Waals surface area contributed by atoms with Crippen LogP contribution in [0.5, 0.6) is 0 Å². The second kappa shape index (κ2) is 6.32. The second-order valence-corrected chi connectivity index (χ2v) is 5.05. The molecule has 1 aliphatic carbocycles. The first-order chi connectivity index (χ1) is 8.54. The highest BCUT2D eigenvalue weighted by Crippen LogP contribution is 2.49. The zero-order chi connectivity index (χ0) is 13.8. The van der Waals surface area contributed by atoms with Gasteiger partial charge in [0.1, 0.15) is 0 Å². The largest absolute Gasteiger partial charge is 0.389 e. The van der Waals surface area contributed by atoms with Gasteiger partial charge in [-0.05, 0) is 18.8 Å². The van der Waals surface area contributed by atoms with Crippen molar-refractivity contribution in [3.8, 4) is 0 Å². The third-order valence-corrected chi connectivity index (χ3v) is 4.27. The molecule has 1 rings (SSSR count). The number of hydrogen-bond acceptors (Lipinski definition) is 3. The fraction of sp³-hybridized carbons (Fsp3) is 0.600. The summed E-state index contributed by atoms with van der Waals surface area (Å²) in [6, 6.07) is 0. The molecule has 1 aliphatic rings. The molecule has 0 aliphatic heterocycles. The number of aliphatic hydroxyl groups excluding tert-OH is 3. The molecule has 3 heteroatoms. The van der Waals surface area contributed by atoms with Gasteiger partial charge in [0, 0.05) is 5.41 Å². The van der Waals surface area contributed by atoms with E-state index in [0.29, 0.717) is 6.42 Å². The SMILES string of the molecule is C=CC(O)C1CCCCC1(C(O)C=C)C(O)C=C. The minimum Gasteiger partial charge on any atom is -0.389 e. The number of aliphatic hydroxyl groups is 3. The van der Waals surface area contributed by atoms with Gasteiger partial charge in [0.05, 0.1) is 18.3 Å². The third kappa shape index (κ3) is 2.44. The molecule has 102 valence electrons. The lowest BCUT2D eigenvalue weighted by molar-refractivity contribution is -0.117. The van der Waals surface area contributed by atoms with Gasteiger partial charge in [-0.2, -0.15) is 0 Å². The molecule has 0 aromatic carbocycles. The van der Waals surface area contributed by atoms with Crippen LogP contribution < -0.4 is 0 Å². The van der Waals surface area contributed by atoms with Crippen LogP contribution in [0.15, 0.2) is 38.0 Å². The van der Waals surface area contributed by atoms with Crippen molar-refractivity contribution in [2.45, 2.75) is 44.0 Å². The van der Waals surface area contributed by atoms with Gasteiger partial charge in [0.15, 0.2) is 0 Å². The average molecular weight is 252 g/mol. The van der Waals surface area contributed by atoms with Crippen LogP contribution in [0, 0.1) is 11.3 Å². The van der Waals surface area contributed by atoms with Crippen LogP contribution in [-0.2, 0) is 0 Å². The summed E-state index contributed by atoms with van der Waals surface area (Å²) in [6.07, 6.45) is 5.14. The highest BCUT2D eigenvalue weighted by atomic mass is 16.3. The lowest BCUT2D eigenvalue weighted by atomic mass is 9.58. The second-order valence-electron chi connectivity index (χ2n) is 5.05. The van der Waals surface area contributed by atoms with Gasteiger partial charge in [-0.15, -0.1) is 19.7 Å². The van der Waals surface area contributed by atoms with Crippen molar-refractivity contribution in [2.24, 2.45) is 11.3 Å². The molecule has 0 aromatic heterocycles. The van der Waals surface area contributed by atoms with Crippen molar-refractivity contribution in [1.29, 1.82) is 0 Å². The molecule has 3 nitrogen and oxygen atoms in total. The zero-order valence-corrected chi connectivity index (χ0v) is 10.8. The van der Waals surface area contributed by atoms with Gasteiger partial charge < -0.3 is 15.3 Å². The monoisotopic (exact) mass is 252 g/mol. The molecular weight excluding hydrogens is 228 g/mol. The Hall–Kier alpha value is -0.900. The molecule has 0 saturated heterocycles. The van der Waals surface area contributed by atoms with E-state index >= 15 is 0 Å². The van der Waals surface area contributed by atoms with E-state index in [2.05, 4.69) is 19.7 Å². The van der Waals surface area contributed by atoms with E-state index in [1.54, 1.807) is 0 Å². The summed E-state index contributed by atoms with van der Waals surface area (Å²) in [5.41, 5.74) is -0.810. The minimum atomic E-state index is -0.870. The lowest BCUT2D eigenvalue weighted by Crippen LogP contribution is -2.54. The quantitative estimate of drug-likeness (QED) is 0.632. The predicted molar refractivity (Wildman–Crippen MR) is 73.0 cm³/mol. The molecule has 4 atom stereocenters. The Labute approximate surface area is 109 Å². The van der Waals surface area contributed by atoms with E-state index in [9.17, 15) is 15.3 Å². The standard InChI is InChI=1S/C15H24O3/c1-4-12(16)11-9-7-8-10-15(11,13(17)5-2)14(18)6-3/h4-6,11-14,16-18H,1-3,7-10H2. The smallest absolute Gasteiger partial charge is 0.0806 e. The van der Waals surface area contributed by atoms with Gasteiger partial charge in [0.25, 0.3) is 0 Å². The van der Waals surface area contributed by atoms with Crippen LogP contribution in [0.4, 0.5) is 0 Å². The van der Waals surface area contributed by atoms with Crippen molar-refractivity contribution < 1.29 is 15.3 Å². The maximum atomic E-state index is 10.3. The van der Waals surface area contributed by atoms with Crippen LogP contribution in [0.2, 0.25) is 0 Å². The number of hydrogen-bond donors (Lipinski definition) is 3. The molecule has 0 amide bonds. The topological polar surface area (TPSA) is 60.7 Å². The predicted octanol–water partition coefficient (Wildman–Crippen LogP) is 1.80. The van der Waals surface area contributed by atoms with Gasteiger partial charge in [-0.25, -0.2) is 0 Å². The molecule has 1 saturated carbocycles. The van der Waals surface area contributed by atoms with Gasteiger partial charge >= 0.3 is 0 Å². The molecule has 4 unspecified atom stereocenters. The Bertz CT molecular complexity index is 297.